The number of hydrogen-bond acceptors (Lipinski definition) is 3. The zero-order valence-corrected chi connectivity index (χ0v) is 10.2. The molecule has 1 aromatic carbocycles. The van der Waals surface area contributed by atoms with Crippen molar-refractivity contribution in [3.63, 3.8) is 0 Å². The van der Waals surface area contributed by atoms with Crippen molar-refractivity contribution in [2.75, 3.05) is 0 Å². The maximum atomic E-state index is 12.9. The normalized spacial score (nSPS) is 8.56. The van der Waals surface area contributed by atoms with Crippen LogP contribution < -0.4 is 0 Å². The summed E-state index contributed by atoms with van der Waals surface area (Å²) in [5, 5.41) is 4.00. The molecule has 8 heteroatoms. The van der Waals surface area contributed by atoms with E-state index in [0.29, 0.717) is 17.7 Å². The van der Waals surface area contributed by atoms with Gasteiger partial charge in [0.2, 0.25) is 0 Å². The Kier molecular flexibility index (Phi) is 7.71. The van der Waals surface area contributed by atoms with Gasteiger partial charge in [-0.05, 0) is 12.1 Å². The van der Waals surface area contributed by atoms with Crippen molar-refractivity contribution in [2.45, 2.75) is 0 Å². The fourth-order valence-corrected chi connectivity index (χ4v) is 1.25. The molecule has 0 aliphatic heterocycles. The lowest BCUT2D eigenvalue weighted by Crippen LogP contribution is -1.96. The van der Waals surface area contributed by atoms with Gasteiger partial charge in [0.1, 0.15) is 5.82 Å². The first-order valence-corrected chi connectivity index (χ1v) is 4.33. The standard InChI is InChI=1S/C10H8FN3O.ClH.2H2O/c1-14-9(6-15)12-10(13-14)7-3-2-4-8(11)5-7;;;/h2-6H,1H3;1H;2*1H2. The zero-order valence-electron chi connectivity index (χ0n) is 9.42. The van der Waals surface area contributed by atoms with E-state index in [1.165, 1.54) is 16.8 Å². The Bertz CT molecular complexity index is 519. The number of rotatable bonds is 2. The van der Waals surface area contributed by atoms with Crippen LogP contribution in [0.1, 0.15) is 10.6 Å². The Morgan fingerprint density at radius 2 is 2.00 bits per heavy atom. The number of benzene rings is 1. The van der Waals surface area contributed by atoms with E-state index in [1.54, 1.807) is 19.2 Å². The largest absolute Gasteiger partial charge is 0.412 e. The van der Waals surface area contributed by atoms with Crippen LogP contribution in [-0.2, 0) is 7.05 Å². The smallest absolute Gasteiger partial charge is 0.191 e. The summed E-state index contributed by atoms with van der Waals surface area (Å²) in [6.07, 6.45) is 0.607. The summed E-state index contributed by atoms with van der Waals surface area (Å²) < 4.78 is 14.3. The Hall–Kier alpha value is -1.83. The van der Waals surface area contributed by atoms with Crippen LogP contribution in [0.4, 0.5) is 4.39 Å². The molecule has 2 rings (SSSR count). The minimum absolute atomic E-state index is 0. The van der Waals surface area contributed by atoms with Gasteiger partial charge in [0.25, 0.3) is 0 Å². The van der Waals surface area contributed by atoms with Crippen LogP contribution in [0, 0.1) is 5.82 Å². The number of aryl methyl sites for hydroxylation is 1. The van der Waals surface area contributed by atoms with Crippen LogP contribution in [0.3, 0.4) is 0 Å². The van der Waals surface area contributed by atoms with Crippen molar-refractivity contribution < 1.29 is 20.1 Å². The van der Waals surface area contributed by atoms with Gasteiger partial charge in [0.05, 0.1) is 0 Å². The summed E-state index contributed by atoms with van der Waals surface area (Å²) in [6.45, 7) is 0. The molecule has 2 aromatic rings. The van der Waals surface area contributed by atoms with Crippen molar-refractivity contribution in [3.05, 3.63) is 35.9 Å². The molecule has 6 nitrogen and oxygen atoms in total. The number of aldehydes is 1. The molecule has 0 fully saturated rings. The molecule has 0 bridgehead atoms. The van der Waals surface area contributed by atoms with E-state index in [0.717, 1.165) is 0 Å². The van der Waals surface area contributed by atoms with E-state index >= 15 is 0 Å². The second-order valence-electron chi connectivity index (χ2n) is 3.05. The molecule has 0 spiro atoms. The number of aromatic nitrogens is 3. The Labute approximate surface area is 108 Å². The van der Waals surface area contributed by atoms with Gasteiger partial charge < -0.3 is 11.0 Å². The predicted octanol–water partition coefficient (Wildman–Crippen LogP) is 0.206. The third kappa shape index (κ3) is 3.59. The molecular formula is C10H13ClFN3O3. The lowest BCUT2D eigenvalue weighted by molar-refractivity contribution is 0.111. The summed E-state index contributed by atoms with van der Waals surface area (Å²) in [5.41, 5.74) is 0.554. The fourth-order valence-electron chi connectivity index (χ4n) is 1.25. The quantitative estimate of drug-likeness (QED) is 0.731. The lowest BCUT2D eigenvalue weighted by atomic mass is 10.2. The third-order valence-corrected chi connectivity index (χ3v) is 1.98. The Balaban J connectivity index is 0. The maximum Gasteiger partial charge on any atom is 0.191 e. The number of hydrogen-bond donors (Lipinski definition) is 0. The molecule has 0 aliphatic rings. The second kappa shape index (κ2) is 7.49. The average molecular weight is 278 g/mol. The lowest BCUT2D eigenvalue weighted by Gasteiger charge is -1.93. The van der Waals surface area contributed by atoms with E-state index in [9.17, 15) is 9.18 Å². The average Bonchev–Trinajstić information content (AvgIpc) is 2.60. The highest BCUT2D eigenvalue weighted by atomic mass is 35.5. The van der Waals surface area contributed by atoms with E-state index < -0.39 is 0 Å². The Morgan fingerprint density at radius 3 is 2.50 bits per heavy atom. The van der Waals surface area contributed by atoms with Crippen LogP contribution >= 0.6 is 12.4 Å². The summed E-state index contributed by atoms with van der Waals surface area (Å²) in [4.78, 5) is 14.5. The SMILES string of the molecule is Cl.Cn1nc(-c2cccc(F)c2)nc1C=O.O.O. The monoisotopic (exact) mass is 277 g/mol. The number of carbonyl (C=O) groups is 1. The van der Waals surface area contributed by atoms with Crippen molar-refractivity contribution in [3.8, 4) is 11.4 Å². The maximum absolute atomic E-state index is 12.9. The van der Waals surface area contributed by atoms with Crippen LogP contribution in [0.2, 0.25) is 0 Å². The molecule has 1 heterocycles. The molecule has 18 heavy (non-hydrogen) atoms. The molecule has 100 valence electrons. The molecule has 0 saturated carbocycles. The molecule has 1 aromatic heterocycles. The van der Waals surface area contributed by atoms with E-state index in [-0.39, 0.29) is 35.0 Å². The van der Waals surface area contributed by atoms with Crippen molar-refractivity contribution in [1.29, 1.82) is 0 Å². The van der Waals surface area contributed by atoms with E-state index in [2.05, 4.69) is 10.1 Å². The molecule has 0 atom stereocenters. The van der Waals surface area contributed by atoms with Gasteiger partial charge in [-0.1, -0.05) is 12.1 Å². The van der Waals surface area contributed by atoms with E-state index in [4.69, 9.17) is 0 Å². The fraction of sp³-hybridized carbons (Fsp3) is 0.100. The number of nitrogens with zero attached hydrogens (tertiary/aromatic N) is 3. The molecule has 0 radical (unpaired) electrons. The second-order valence-corrected chi connectivity index (χ2v) is 3.05. The van der Waals surface area contributed by atoms with Crippen LogP contribution in [-0.4, -0.2) is 32.0 Å². The minimum atomic E-state index is -0.354. The molecular weight excluding hydrogens is 265 g/mol. The number of carbonyl (C=O) groups excluding carboxylic acids is 1. The van der Waals surface area contributed by atoms with Crippen molar-refractivity contribution in [1.82, 2.24) is 14.8 Å². The summed E-state index contributed by atoms with van der Waals surface area (Å²) in [7, 11) is 1.61. The zero-order chi connectivity index (χ0) is 10.8. The molecule has 0 amide bonds. The van der Waals surface area contributed by atoms with Gasteiger partial charge in [-0.2, -0.15) is 5.10 Å². The molecule has 0 saturated heterocycles. The van der Waals surface area contributed by atoms with Gasteiger partial charge in [0, 0.05) is 12.6 Å². The highest BCUT2D eigenvalue weighted by molar-refractivity contribution is 5.85. The first kappa shape index (κ1) is 18.5. The minimum Gasteiger partial charge on any atom is -0.412 e. The highest BCUT2D eigenvalue weighted by Crippen LogP contribution is 2.15. The van der Waals surface area contributed by atoms with Gasteiger partial charge in [-0.25, -0.2) is 14.1 Å². The first-order chi connectivity index (χ1) is 7.20. The first-order valence-electron chi connectivity index (χ1n) is 4.33. The van der Waals surface area contributed by atoms with Crippen LogP contribution in [0.15, 0.2) is 24.3 Å². The van der Waals surface area contributed by atoms with Crippen LogP contribution in [0.5, 0.6) is 0 Å². The van der Waals surface area contributed by atoms with Gasteiger partial charge >= 0.3 is 0 Å². The number of halogens is 2. The third-order valence-electron chi connectivity index (χ3n) is 1.98. The molecule has 4 N–H and O–H groups in total. The summed E-state index contributed by atoms with van der Waals surface area (Å²) in [6, 6.07) is 5.92. The summed E-state index contributed by atoms with van der Waals surface area (Å²) >= 11 is 0. The van der Waals surface area contributed by atoms with Crippen molar-refractivity contribution >= 4 is 18.7 Å². The van der Waals surface area contributed by atoms with Gasteiger partial charge in [-0.3, -0.25) is 4.79 Å². The highest BCUT2D eigenvalue weighted by Gasteiger charge is 2.08. The molecule has 0 aliphatic carbocycles. The summed E-state index contributed by atoms with van der Waals surface area (Å²) in [5.74, 6) is 0.209. The van der Waals surface area contributed by atoms with E-state index in [1.807, 2.05) is 0 Å². The van der Waals surface area contributed by atoms with Gasteiger partial charge in [-0.15, -0.1) is 12.4 Å². The molecule has 0 unspecified atom stereocenters. The topological polar surface area (TPSA) is 111 Å². The Morgan fingerprint density at radius 1 is 1.33 bits per heavy atom. The van der Waals surface area contributed by atoms with Crippen LogP contribution in [0.25, 0.3) is 11.4 Å². The van der Waals surface area contributed by atoms with Crippen molar-refractivity contribution in [2.24, 2.45) is 7.05 Å². The predicted molar refractivity (Wildman–Crippen MR) is 66.3 cm³/mol. The van der Waals surface area contributed by atoms with Gasteiger partial charge in [0.15, 0.2) is 17.9 Å².